The van der Waals surface area contributed by atoms with Gasteiger partial charge in [0.05, 0.1) is 12.6 Å². The van der Waals surface area contributed by atoms with Gasteiger partial charge in [-0.1, -0.05) is 0 Å². The zero-order chi connectivity index (χ0) is 36.0. The molecular formula is C28H50N12O8. The number of aliphatic imine (C=N–C) groups is 2. The number of nitrogens with two attached hydrogens (primary N) is 5. The van der Waals surface area contributed by atoms with Gasteiger partial charge in [-0.05, 0) is 58.3 Å². The predicted molar refractivity (Wildman–Crippen MR) is 173 cm³/mol. The van der Waals surface area contributed by atoms with Crippen molar-refractivity contribution in [3.8, 4) is 0 Å². The highest BCUT2D eigenvalue weighted by Gasteiger charge is 2.40. The Bertz CT molecular complexity index is 1220. The van der Waals surface area contributed by atoms with Crippen LogP contribution in [0, 0.1) is 0 Å². The number of hydrogen-bond acceptors (Lipinski definition) is 10. The lowest BCUT2D eigenvalue weighted by Crippen LogP contribution is -2.59. The molecule has 0 aliphatic carbocycles. The molecule has 2 fully saturated rings. The van der Waals surface area contributed by atoms with Gasteiger partial charge in [0, 0.05) is 26.2 Å². The number of rotatable bonds is 18. The second-order valence-corrected chi connectivity index (χ2v) is 11.8. The summed E-state index contributed by atoms with van der Waals surface area (Å²) >= 11 is 0. The Balaban J connectivity index is 2.09. The van der Waals surface area contributed by atoms with Gasteiger partial charge in [-0.3, -0.25) is 34.0 Å². The summed E-state index contributed by atoms with van der Waals surface area (Å²) in [6, 6.07) is -6.65. The number of aliphatic hydroxyl groups is 1. The highest BCUT2D eigenvalue weighted by atomic mass is 16.4. The number of nitrogens with one attached hydrogen (secondary N) is 3. The molecule has 0 spiro atoms. The summed E-state index contributed by atoms with van der Waals surface area (Å²) < 4.78 is 0. The summed E-state index contributed by atoms with van der Waals surface area (Å²) in [5, 5.41) is 27.0. The first-order valence-corrected chi connectivity index (χ1v) is 15.9. The third kappa shape index (κ3) is 11.8. The summed E-state index contributed by atoms with van der Waals surface area (Å²) in [4.78, 5) is 87.6. The van der Waals surface area contributed by atoms with E-state index >= 15 is 0 Å². The van der Waals surface area contributed by atoms with Gasteiger partial charge in [-0.15, -0.1) is 0 Å². The smallest absolute Gasteiger partial charge is 0.326 e. The lowest BCUT2D eigenvalue weighted by Gasteiger charge is -2.30. The summed E-state index contributed by atoms with van der Waals surface area (Å²) in [5.74, 6) is -4.74. The number of carboxylic acids is 1. The van der Waals surface area contributed by atoms with Gasteiger partial charge < -0.3 is 64.6 Å². The van der Waals surface area contributed by atoms with E-state index in [4.69, 9.17) is 28.7 Å². The molecule has 0 unspecified atom stereocenters. The molecule has 2 rings (SSSR count). The van der Waals surface area contributed by atoms with Crippen LogP contribution in [0.2, 0.25) is 0 Å². The van der Waals surface area contributed by atoms with Crippen LogP contribution in [0.3, 0.4) is 0 Å². The molecule has 20 nitrogen and oxygen atoms in total. The second kappa shape index (κ2) is 19.2. The molecule has 48 heavy (non-hydrogen) atoms. The second-order valence-electron chi connectivity index (χ2n) is 11.8. The van der Waals surface area contributed by atoms with Gasteiger partial charge in [0.15, 0.2) is 11.9 Å². The Morgan fingerprint density at radius 1 is 0.771 bits per heavy atom. The maximum absolute atomic E-state index is 13.5. The summed E-state index contributed by atoms with van der Waals surface area (Å²) in [6.45, 7) is 1.45. The van der Waals surface area contributed by atoms with Crippen LogP contribution in [0.1, 0.15) is 58.3 Å². The molecule has 2 saturated heterocycles. The number of carbonyl (C=O) groups excluding carboxylic acids is 5. The largest absolute Gasteiger partial charge is 0.480 e. The number of aliphatic hydroxyl groups excluding tert-OH is 1. The van der Waals surface area contributed by atoms with E-state index < -0.39 is 78.4 Å². The molecule has 20 heteroatoms. The molecule has 0 bridgehead atoms. The van der Waals surface area contributed by atoms with E-state index in [9.17, 15) is 39.0 Å². The predicted octanol–water partition coefficient (Wildman–Crippen LogP) is -5.05. The van der Waals surface area contributed by atoms with Crippen LogP contribution in [-0.2, 0) is 28.8 Å². The fourth-order valence-corrected chi connectivity index (χ4v) is 5.57. The summed E-state index contributed by atoms with van der Waals surface area (Å²) in [5.41, 5.74) is 27.3. The number of aliphatic carboxylic acids is 1. The molecule has 2 aliphatic rings. The van der Waals surface area contributed by atoms with Crippen molar-refractivity contribution in [2.45, 2.75) is 94.5 Å². The van der Waals surface area contributed by atoms with E-state index in [0.29, 0.717) is 19.3 Å². The van der Waals surface area contributed by atoms with Crippen LogP contribution >= 0.6 is 0 Å². The minimum atomic E-state index is -1.46. The van der Waals surface area contributed by atoms with Crippen molar-refractivity contribution in [1.29, 1.82) is 0 Å². The summed E-state index contributed by atoms with van der Waals surface area (Å²) in [6.07, 6.45) is 2.43. The van der Waals surface area contributed by atoms with Crippen molar-refractivity contribution in [3.63, 3.8) is 0 Å². The average Bonchev–Trinajstić information content (AvgIpc) is 3.73. The standard InChI is InChI=1S/C28H50N12O8/c1-15(36-21(42)16(29)6-2-10-34-27(30)31)24(45)39-12-4-8-19(39)23(44)37-17(7-3-11-35-28(32)33)22(43)38-18(14-41)25(46)40-13-5-9-20(40)26(47)48/h15-20,41H,2-14,29H2,1H3,(H,36,42)(H,37,44)(H,38,43)(H,47,48)(H4,30,31,34)(H4,32,33,35)/t15-,16-,17-,18-,19-,20-/m0/s1. The lowest BCUT2D eigenvalue weighted by atomic mass is 10.1. The number of carbonyl (C=O) groups is 6. The van der Waals surface area contributed by atoms with Crippen LogP contribution in [-0.4, -0.2) is 136 Å². The minimum absolute atomic E-state index is 0.0242. The van der Waals surface area contributed by atoms with E-state index in [1.165, 1.54) is 11.8 Å². The number of hydrogen-bond donors (Lipinski definition) is 10. The average molecular weight is 683 g/mol. The van der Waals surface area contributed by atoms with Crippen molar-refractivity contribution in [2.24, 2.45) is 38.7 Å². The molecule has 6 atom stereocenters. The van der Waals surface area contributed by atoms with Crippen molar-refractivity contribution < 1.29 is 39.0 Å². The molecule has 2 aliphatic heterocycles. The first-order valence-electron chi connectivity index (χ1n) is 15.9. The Kier molecular flexibility index (Phi) is 15.8. The SMILES string of the molecule is C[C@H](NC(=O)[C@@H](N)CCCN=C(N)N)C(=O)N1CCC[C@H]1C(=O)N[C@@H](CCCN=C(N)N)C(=O)N[C@@H](CO)C(=O)N1CCC[C@H]1C(=O)O. The molecular weight excluding hydrogens is 632 g/mol. The van der Waals surface area contributed by atoms with E-state index in [-0.39, 0.29) is 70.2 Å². The highest BCUT2D eigenvalue weighted by Crippen LogP contribution is 2.20. The number of likely N-dealkylation sites (tertiary alicyclic amines) is 2. The number of carboxylic acid groups (broad SMARTS) is 1. The third-order valence-electron chi connectivity index (χ3n) is 8.07. The van der Waals surface area contributed by atoms with Crippen molar-refractivity contribution >= 4 is 47.4 Å². The number of nitrogens with zero attached hydrogens (tertiary/aromatic N) is 4. The Labute approximate surface area is 278 Å². The van der Waals surface area contributed by atoms with Crippen LogP contribution in [0.4, 0.5) is 0 Å². The molecule has 270 valence electrons. The fourth-order valence-electron chi connectivity index (χ4n) is 5.57. The Hall–Kier alpha value is -4.72. The van der Waals surface area contributed by atoms with Crippen molar-refractivity contribution in [3.05, 3.63) is 0 Å². The molecule has 0 aromatic rings. The van der Waals surface area contributed by atoms with E-state index in [2.05, 4.69) is 25.9 Å². The number of amides is 5. The van der Waals surface area contributed by atoms with Crippen LogP contribution in [0.25, 0.3) is 0 Å². The molecule has 15 N–H and O–H groups in total. The summed E-state index contributed by atoms with van der Waals surface area (Å²) in [7, 11) is 0. The zero-order valence-corrected chi connectivity index (χ0v) is 27.2. The molecule has 0 radical (unpaired) electrons. The maximum atomic E-state index is 13.5. The molecule has 5 amide bonds. The third-order valence-corrected chi connectivity index (χ3v) is 8.07. The van der Waals surface area contributed by atoms with Crippen molar-refractivity contribution in [2.75, 3.05) is 32.8 Å². The fraction of sp³-hybridized carbons (Fsp3) is 0.714. The van der Waals surface area contributed by atoms with Gasteiger partial charge in [0.1, 0.15) is 30.2 Å². The van der Waals surface area contributed by atoms with Gasteiger partial charge in [-0.2, -0.15) is 0 Å². The topological polar surface area (TPSA) is 340 Å². The lowest BCUT2D eigenvalue weighted by molar-refractivity contribution is -0.150. The molecule has 0 aromatic carbocycles. The Morgan fingerprint density at radius 2 is 1.31 bits per heavy atom. The Morgan fingerprint density at radius 3 is 1.85 bits per heavy atom. The van der Waals surface area contributed by atoms with Gasteiger partial charge >= 0.3 is 5.97 Å². The maximum Gasteiger partial charge on any atom is 0.326 e. The minimum Gasteiger partial charge on any atom is -0.480 e. The van der Waals surface area contributed by atoms with Gasteiger partial charge in [-0.25, -0.2) is 4.79 Å². The molecule has 0 aromatic heterocycles. The number of guanidine groups is 2. The van der Waals surface area contributed by atoms with Crippen LogP contribution < -0.4 is 44.6 Å². The molecule has 2 heterocycles. The van der Waals surface area contributed by atoms with E-state index in [1.807, 2.05) is 0 Å². The van der Waals surface area contributed by atoms with Crippen LogP contribution in [0.5, 0.6) is 0 Å². The van der Waals surface area contributed by atoms with Gasteiger partial charge in [0.2, 0.25) is 29.5 Å². The highest BCUT2D eigenvalue weighted by molar-refractivity contribution is 5.96. The quantitative estimate of drug-likeness (QED) is 0.0368. The first-order chi connectivity index (χ1) is 22.7. The van der Waals surface area contributed by atoms with E-state index in [1.54, 1.807) is 0 Å². The van der Waals surface area contributed by atoms with Crippen molar-refractivity contribution in [1.82, 2.24) is 25.8 Å². The van der Waals surface area contributed by atoms with E-state index in [0.717, 1.165) is 4.90 Å². The monoisotopic (exact) mass is 682 g/mol. The zero-order valence-electron chi connectivity index (χ0n) is 27.2. The van der Waals surface area contributed by atoms with Crippen LogP contribution in [0.15, 0.2) is 9.98 Å². The first kappa shape index (κ1) is 39.5. The van der Waals surface area contributed by atoms with Gasteiger partial charge in [0.25, 0.3) is 0 Å². The molecule has 0 saturated carbocycles. The normalized spacial score (nSPS) is 19.7.